The third-order valence-corrected chi connectivity index (χ3v) is 6.68. The fourth-order valence-electron chi connectivity index (χ4n) is 5.06. The normalized spacial score (nSPS) is 28.6. The Kier molecular flexibility index (Phi) is 7.97. The van der Waals surface area contributed by atoms with Crippen LogP contribution in [0, 0.1) is 11.8 Å². The van der Waals surface area contributed by atoms with Crippen LogP contribution in [0.3, 0.4) is 0 Å². The Balaban J connectivity index is 1.29. The maximum absolute atomic E-state index is 12.3. The van der Waals surface area contributed by atoms with Crippen molar-refractivity contribution in [2.24, 2.45) is 11.8 Å². The fourth-order valence-corrected chi connectivity index (χ4v) is 5.06. The van der Waals surface area contributed by atoms with Crippen molar-refractivity contribution in [1.82, 2.24) is 15.1 Å². The van der Waals surface area contributed by atoms with E-state index in [0.717, 1.165) is 32.2 Å². The van der Waals surface area contributed by atoms with E-state index in [1.165, 1.54) is 71.0 Å². The van der Waals surface area contributed by atoms with Crippen molar-refractivity contribution in [3.63, 3.8) is 0 Å². The van der Waals surface area contributed by atoms with Crippen molar-refractivity contribution < 1.29 is 9.53 Å². The molecule has 0 aromatic carbocycles. The number of likely N-dealkylation sites (tertiary alicyclic amines) is 2. The number of ether oxygens (including phenoxy) is 1. The minimum Gasteiger partial charge on any atom is -0.376 e. The quantitative estimate of drug-likeness (QED) is 0.771. The number of nitrogens with one attached hydrogen (secondary N) is 1. The van der Waals surface area contributed by atoms with Crippen molar-refractivity contribution in [2.45, 2.75) is 70.8 Å². The molecule has 3 fully saturated rings. The predicted octanol–water partition coefficient (Wildman–Crippen LogP) is 2.90. The first-order chi connectivity index (χ1) is 13.0. The van der Waals surface area contributed by atoms with Gasteiger partial charge in [0.05, 0.1) is 12.1 Å². The minimum absolute atomic E-state index is 0.0545. The van der Waals surface area contributed by atoms with E-state index in [2.05, 4.69) is 29.0 Å². The molecule has 3 heterocycles. The van der Waals surface area contributed by atoms with Gasteiger partial charge in [-0.1, -0.05) is 12.8 Å². The van der Waals surface area contributed by atoms with E-state index in [-0.39, 0.29) is 11.5 Å². The first-order valence-corrected chi connectivity index (χ1v) is 11.4. The van der Waals surface area contributed by atoms with E-state index < -0.39 is 0 Å². The molecule has 1 N–H and O–H groups in total. The van der Waals surface area contributed by atoms with E-state index in [4.69, 9.17) is 4.74 Å². The average Bonchev–Trinajstić information content (AvgIpc) is 2.89. The van der Waals surface area contributed by atoms with E-state index in [0.29, 0.717) is 12.5 Å². The molecule has 5 heteroatoms. The lowest BCUT2D eigenvalue weighted by molar-refractivity contribution is -0.122. The summed E-state index contributed by atoms with van der Waals surface area (Å²) in [4.78, 5) is 17.3. The van der Waals surface area contributed by atoms with Crippen LogP contribution in [-0.2, 0) is 9.53 Å². The van der Waals surface area contributed by atoms with Crippen LogP contribution in [0.25, 0.3) is 0 Å². The van der Waals surface area contributed by atoms with Crippen LogP contribution in [0.5, 0.6) is 0 Å². The Bertz CT molecular complexity index is 452. The number of rotatable bonds is 6. The van der Waals surface area contributed by atoms with Gasteiger partial charge >= 0.3 is 0 Å². The van der Waals surface area contributed by atoms with Gasteiger partial charge in [0, 0.05) is 19.7 Å². The van der Waals surface area contributed by atoms with Crippen molar-refractivity contribution >= 4 is 5.91 Å². The summed E-state index contributed by atoms with van der Waals surface area (Å²) in [5, 5.41) is 3.21. The molecule has 0 spiro atoms. The topological polar surface area (TPSA) is 44.8 Å². The maximum Gasteiger partial charge on any atom is 0.234 e. The summed E-state index contributed by atoms with van der Waals surface area (Å²) in [5.74, 6) is 1.66. The minimum atomic E-state index is 0.0545. The predicted molar refractivity (Wildman–Crippen MR) is 110 cm³/mol. The van der Waals surface area contributed by atoms with Crippen molar-refractivity contribution in [3.8, 4) is 0 Å². The summed E-state index contributed by atoms with van der Waals surface area (Å²) in [6.07, 6.45) is 9.96. The third kappa shape index (κ3) is 7.35. The van der Waals surface area contributed by atoms with Gasteiger partial charge in [-0.2, -0.15) is 0 Å². The zero-order valence-corrected chi connectivity index (χ0v) is 17.7. The molecule has 0 radical (unpaired) electrons. The smallest absolute Gasteiger partial charge is 0.234 e. The summed E-state index contributed by atoms with van der Waals surface area (Å²) < 4.78 is 5.86. The van der Waals surface area contributed by atoms with Gasteiger partial charge in [-0.05, 0) is 90.4 Å². The highest BCUT2D eigenvalue weighted by molar-refractivity contribution is 5.78. The van der Waals surface area contributed by atoms with E-state index >= 15 is 0 Å². The molecule has 5 nitrogen and oxygen atoms in total. The third-order valence-electron chi connectivity index (χ3n) is 6.68. The molecular formula is C22H41N3O2. The van der Waals surface area contributed by atoms with Gasteiger partial charge in [-0.15, -0.1) is 0 Å². The molecule has 0 aromatic heterocycles. The lowest BCUT2D eigenvalue weighted by atomic mass is 9.87. The number of amides is 1. The number of carbonyl (C=O) groups is 1. The van der Waals surface area contributed by atoms with Crippen LogP contribution in [0.15, 0.2) is 0 Å². The summed E-state index contributed by atoms with van der Waals surface area (Å²) >= 11 is 0. The highest BCUT2D eigenvalue weighted by atomic mass is 16.5. The molecule has 1 atom stereocenters. The van der Waals surface area contributed by atoms with Gasteiger partial charge in [0.2, 0.25) is 5.91 Å². The first-order valence-electron chi connectivity index (χ1n) is 11.4. The Morgan fingerprint density at radius 3 is 2.33 bits per heavy atom. The average molecular weight is 380 g/mol. The molecule has 156 valence electrons. The molecule has 1 unspecified atom stereocenters. The number of piperidine rings is 1. The number of hydrogen-bond donors (Lipinski definition) is 1. The van der Waals surface area contributed by atoms with Gasteiger partial charge < -0.3 is 15.0 Å². The number of carbonyl (C=O) groups excluding carboxylic acids is 1. The molecule has 0 bridgehead atoms. The second-order valence-electron chi connectivity index (χ2n) is 9.71. The number of nitrogens with zero attached hydrogens (tertiary/aromatic N) is 2. The molecule has 3 saturated heterocycles. The zero-order valence-electron chi connectivity index (χ0n) is 17.7. The number of hydrogen-bond acceptors (Lipinski definition) is 4. The summed E-state index contributed by atoms with van der Waals surface area (Å²) in [5.41, 5.74) is 0.0545. The van der Waals surface area contributed by atoms with E-state index in [9.17, 15) is 4.79 Å². The second-order valence-corrected chi connectivity index (χ2v) is 9.71. The molecule has 0 aliphatic carbocycles. The molecule has 3 rings (SSSR count). The zero-order chi connectivity index (χ0) is 19.1. The van der Waals surface area contributed by atoms with Crippen LogP contribution in [0.1, 0.15) is 65.2 Å². The van der Waals surface area contributed by atoms with Crippen LogP contribution < -0.4 is 5.32 Å². The van der Waals surface area contributed by atoms with E-state index in [1.807, 2.05) is 0 Å². The van der Waals surface area contributed by atoms with Gasteiger partial charge in [0.1, 0.15) is 0 Å². The fraction of sp³-hybridized carbons (Fsp3) is 0.955. The molecule has 3 aliphatic rings. The summed E-state index contributed by atoms with van der Waals surface area (Å²) in [6.45, 7) is 12.6. The van der Waals surface area contributed by atoms with Crippen molar-refractivity contribution in [2.75, 3.05) is 52.4 Å². The summed E-state index contributed by atoms with van der Waals surface area (Å²) in [6, 6.07) is 0. The van der Waals surface area contributed by atoms with Crippen LogP contribution in [0.2, 0.25) is 0 Å². The second kappa shape index (κ2) is 10.2. The molecule has 0 aromatic rings. The van der Waals surface area contributed by atoms with Crippen molar-refractivity contribution in [1.29, 1.82) is 0 Å². The summed E-state index contributed by atoms with van der Waals surface area (Å²) in [7, 11) is 0. The maximum atomic E-state index is 12.3. The Hall–Kier alpha value is -0.650. The highest BCUT2D eigenvalue weighted by Gasteiger charge is 2.30. The molecule has 3 aliphatic heterocycles. The first kappa shape index (κ1) is 21.1. The standard InChI is InChI=1S/C22H41N3O2/c1-22(2)15-20(9-14-27-22)17-25-12-7-19(8-13-25)16-23-21(26)18-24-10-5-3-4-6-11-24/h19-20H,3-18H2,1-2H3,(H,23,26). The van der Waals surface area contributed by atoms with Gasteiger partial charge in [-0.25, -0.2) is 0 Å². The van der Waals surface area contributed by atoms with Crippen LogP contribution in [-0.4, -0.2) is 73.7 Å². The Morgan fingerprint density at radius 1 is 0.963 bits per heavy atom. The lowest BCUT2D eigenvalue weighted by Crippen LogP contribution is -2.44. The molecular weight excluding hydrogens is 338 g/mol. The molecule has 1 amide bonds. The highest BCUT2D eigenvalue weighted by Crippen LogP contribution is 2.30. The largest absolute Gasteiger partial charge is 0.376 e. The van der Waals surface area contributed by atoms with Gasteiger partial charge in [0.15, 0.2) is 0 Å². The van der Waals surface area contributed by atoms with Crippen molar-refractivity contribution in [3.05, 3.63) is 0 Å². The molecule has 27 heavy (non-hydrogen) atoms. The Labute approximate surface area is 166 Å². The Morgan fingerprint density at radius 2 is 1.67 bits per heavy atom. The van der Waals surface area contributed by atoms with Gasteiger partial charge in [-0.3, -0.25) is 9.69 Å². The van der Waals surface area contributed by atoms with Crippen LogP contribution >= 0.6 is 0 Å². The van der Waals surface area contributed by atoms with E-state index in [1.54, 1.807) is 0 Å². The van der Waals surface area contributed by atoms with Gasteiger partial charge in [0.25, 0.3) is 0 Å². The molecule has 0 saturated carbocycles. The lowest BCUT2D eigenvalue weighted by Gasteiger charge is -2.39. The SMILES string of the molecule is CC1(C)CC(CN2CCC(CNC(=O)CN3CCCCCC3)CC2)CCO1. The monoisotopic (exact) mass is 379 g/mol. The van der Waals surface area contributed by atoms with Crippen LogP contribution in [0.4, 0.5) is 0 Å².